The Morgan fingerprint density at radius 1 is 1.23 bits per heavy atom. The summed E-state index contributed by atoms with van der Waals surface area (Å²) in [5, 5.41) is 0.0115. The van der Waals surface area contributed by atoms with Crippen molar-refractivity contribution in [1.82, 2.24) is 9.80 Å². The molecule has 4 nitrogen and oxygen atoms in total. The van der Waals surface area contributed by atoms with E-state index in [1.165, 1.54) is 18.4 Å². The maximum Gasteiger partial charge on any atom is 0.235 e. The molecule has 2 unspecified atom stereocenters. The predicted octanol–water partition coefficient (Wildman–Crippen LogP) is 3.66. The van der Waals surface area contributed by atoms with Gasteiger partial charge in [0.25, 0.3) is 0 Å². The fourth-order valence-corrected chi connectivity index (χ4v) is 4.28. The van der Waals surface area contributed by atoms with E-state index in [9.17, 15) is 4.79 Å². The molecule has 1 aliphatic heterocycles. The molecule has 2 atom stereocenters. The molecule has 0 spiro atoms. The zero-order valence-corrected chi connectivity index (χ0v) is 17.3. The highest BCUT2D eigenvalue weighted by molar-refractivity contribution is 8.00. The van der Waals surface area contributed by atoms with Gasteiger partial charge in [-0.25, -0.2) is 0 Å². The zero-order valence-electron chi connectivity index (χ0n) is 16.5. The van der Waals surface area contributed by atoms with Crippen LogP contribution in [-0.2, 0) is 16.1 Å². The molecule has 0 radical (unpaired) electrons. The molecule has 0 N–H and O–H groups in total. The first-order chi connectivity index (χ1) is 12.6. The second-order valence-electron chi connectivity index (χ2n) is 7.08. The number of hydrogen-bond acceptors (Lipinski definition) is 4. The fourth-order valence-electron chi connectivity index (χ4n) is 3.20. The maximum atomic E-state index is 13.2. The monoisotopic (exact) mass is 378 g/mol. The molecule has 1 aliphatic rings. The number of benzene rings is 1. The number of thioether (sulfide) groups is 1. The molecule has 1 fully saturated rings. The van der Waals surface area contributed by atoms with Gasteiger partial charge in [0.1, 0.15) is 0 Å². The van der Waals surface area contributed by atoms with Gasteiger partial charge in [0.15, 0.2) is 0 Å². The van der Waals surface area contributed by atoms with Gasteiger partial charge in [-0.2, -0.15) is 0 Å². The summed E-state index contributed by atoms with van der Waals surface area (Å²) in [6, 6.07) is 10.5. The highest BCUT2D eigenvalue weighted by Gasteiger charge is 2.27. The number of ether oxygens (including phenoxy) is 1. The lowest BCUT2D eigenvalue weighted by Crippen LogP contribution is -2.49. The third kappa shape index (κ3) is 6.93. The lowest BCUT2D eigenvalue weighted by molar-refractivity contribution is -0.133. The van der Waals surface area contributed by atoms with Crippen molar-refractivity contribution in [3.8, 4) is 0 Å². The van der Waals surface area contributed by atoms with E-state index < -0.39 is 0 Å². The first-order valence-electron chi connectivity index (χ1n) is 9.88. The van der Waals surface area contributed by atoms with Crippen molar-refractivity contribution in [2.24, 2.45) is 0 Å². The standard InChI is InChI=1S/C21H34N2O2S/c1-4-5-15-26-19(3)21(24)23(17-20-9-7-6-8-10-20)18(2)16-22-11-13-25-14-12-22/h6-10,18-19H,4-5,11-17H2,1-3H3. The summed E-state index contributed by atoms with van der Waals surface area (Å²) < 4.78 is 5.45. The number of carbonyl (C=O) groups excluding carboxylic acids is 1. The molecule has 0 bridgehead atoms. The summed E-state index contributed by atoms with van der Waals surface area (Å²) in [4.78, 5) is 17.7. The predicted molar refractivity (Wildman–Crippen MR) is 111 cm³/mol. The lowest BCUT2D eigenvalue weighted by Gasteiger charge is -2.36. The van der Waals surface area contributed by atoms with E-state index in [0.29, 0.717) is 6.54 Å². The number of unbranched alkanes of at least 4 members (excludes halogenated alkanes) is 1. The molecular formula is C21H34N2O2S. The van der Waals surface area contributed by atoms with Crippen LogP contribution in [0.15, 0.2) is 30.3 Å². The normalized spacial score (nSPS) is 17.7. The second-order valence-corrected chi connectivity index (χ2v) is 8.53. The molecule has 26 heavy (non-hydrogen) atoms. The van der Waals surface area contributed by atoms with Gasteiger partial charge in [0, 0.05) is 32.2 Å². The molecule has 146 valence electrons. The van der Waals surface area contributed by atoms with Crippen LogP contribution in [0, 0.1) is 0 Å². The van der Waals surface area contributed by atoms with Crippen molar-refractivity contribution in [3.05, 3.63) is 35.9 Å². The van der Waals surface area contributed by atoms with E-state index in [1.54, 1.807) is 11.8 Å². The first-order valence-corrected chi connectivity index (χ1v) is 10.9. The van der Waals surface area contributed by atoms with Crippen LogP contribution in [0.5, 0.6) is 0 Å². The average Bonchev–Trinajstić information content (AvgIpc) is 2.67. The number of morpholine rings is 1. The van der Waals surface area contributed by atoms with Gasteiger partial charge in [-0.15, -0.1) is 11.8 Å². The molecule has 2 rings (SSSR count). The molecule has 0 saturated carbocycles. The van der Waals surface area contributed by atoms with E-state index in [0.717, 1.165) is 38.6 Å². The molecule has 0 aromatic heterocycles. The van der Waals surface area contributed by atoms with Crippen molar-refractivity contribution in [2.45, 2.75) is 51.4 Å². The van der Waals surface area contributed by atoms with Crippen LogP contribution in [0.1, 0.15) is 39.2 Å². The van der Waals surface area contributed by atoms with Crippen molar-refractivity contribution in [3.63, 3.8) is 0 Å². The molecule has 1 aromatic rings. The largest absolute Gasteiger partial charge is 0.379 e. The lowest BCUT2D eigenvalue weighted by atomic mass is 10.1. The third-order valence-corrected chi connectivity index (χ3v) is 6.08. The molecule has 1 saturated heterocycles. The zero-order chi connectivity index (χ0) is 18.8. The summed E-state index contributed by atoms with van der Waals surface area (Å²) in [6.07, 6.45) is 2.35. The van der Waals surface area contributed by atoms with Gasteiger partial charge in [-0.3, -0.25) is 9.69 Å². The van der Waals surface area contributed by atoms with Crippen molar-refractivity contribution in [2.75, 3.05) is 38.6 Å². The number of hydrogen-bond donors (Lipinski definition) is 0. The highest BCUT2D eigenvalue weighted by atomic mass is 32.2. The maximum absolute atomic E-state index is 13.2. The Balaban J connectivity index is 2.02. The summed E-state index contributed by atoms with van der Waals surface area (Å²) in [5.74, 6) is 1.32. The minimum atomic E-state index is 0.0115. The van der Waals surface area contributed by atoms with E-state index in [1.807, 2.05) is 18.2 Å². The summed E-state index contributed by atoms with van der Waals surface area (Å²) in [7, 11) is 0. The SMILES string of the molecule is CCCCSC(C)C(=O)N(Cc1ccccc1)C(C)CN1CCOCC1. The summed E-state index contributed by atoms with van der Waals surface area (Å²) >= 11 is 1.79. The van der Waals surface area contributed by atoms with Gasteiger partial charge in [-0.05, 0) is 31.6 Å². The smallest absolute Gasteiger partial charge is 0.235 e. The number of rotatable bonds is 10. The minimum absolute atomic E-state index is 0.0115. The second kappa shape index (κ2) is 11.6. The van der Waals surface area contributed by atoms with Crippen molar-refractivity contribution >= 4 is 17.7 Å². The van der Waals surface area contributed by atoms with Crippen LogP contribution >= 0.6 is 11.8 Å². The van der Waals surface area contributed by atoms with Gasteiger partial charge in [0.2, 0.25) is 5.91 Å². The summed E-state index contributed by atoms with van der Waals surface area (Å²) in [5.41, 5.74) is 1.19. The van der Waals surface area contributed by atoms with Gasteiger partial charge >= 0.3 is 0 Å². The molecule has 0 aliphatic carbocycles. The van der Waals surface area contributed by atoms with Crippen molar-refractivity contribution in [1.29, 1.82) is 0 Å². The van der Waals surface area contributed by atoms with Crippen LogP contribution in [0.3, 0.4) is 0 Å². The Labute approximate surface area is 163 Å². The average molecular weight is 379 g/mol. The Bertz CT molecular complexity index is 520. The van der Waals surface area contributed by atoms with Gasteiger partial charge in [0.05, 0.1) is 18.5 Å². The quantitative estimate of drug-likeness (QED) is 0.582. The Morgan fingerprint density at radius 2 is 1.92 bits per heavy atom. The number of amides is 1. The van der Waals surface area contributed by atoms with Crippen LogP contribution in [0.25, 0.3) is 0 Å². The van der Waals surface area contributed by atoms with Gasteiger partial charge < -0.3 is 9.64 Å². The molecule has 1 heterocycles. The van der Waals surface area contributed by atoms with Crippen molar-refractivity contribution < 1.29 is 9.53 Å². The van der Waals surface area contributed by atoms with E-state index >= 15 is 0 Å². The number of nitrogens with zero attached hydrogens (tertiary/aromatic N) is 2. The molecule has 1 aromatic carbocycles. The minimum Gasteiger partial charge on any atom is -0.379 e. The van der Waals surface area contributed by atoms with E-state index in [-0.39, 0.29) is 17.2 Å². The van der Waals surface area contributed by atoms with E-state index in [4.69, 9.17) is 4.74 Å². The van der Waals surface area contributed by atoms with E-state index in [2.05, 4.69) is 42.7 Å². The first kappa shape index (κ1) is 21.3. The fraction of sp³-hybridized carbons (Fsp3) is 0.667. The molecule has 1 amide bonds. The Kier molecular flexibility index (Phi) is 9.51. The van der Waals surface area contributed by atoms with Crippen LogP contribution in [0.2, 0.25) is 0 Å². The molecule has 5 heteroatoms. The third-order valence-electron chi connectivity index (χ3n) is 4.85. The summed E-state index contributed by atoms with van der Waals surface area (Å²) in [6.45, 7) is 11.5. The topological polar surface area (TPSA) is 32.8 Å². The van der Waals surface area contributed by atoms with Crippen LogP contribution in [-0.4, -0.2) is 65.6 Å². The highest BCUT2D eigenvalue weighted by Crippen LogP contribution is 2.19. The number of carbonyl (C=O) groups is 1. The Hall–Kier alpha value is -1.04. The Morgan fingerprint density at radius 3 is 2.58 bits per heavy atom. The van der Waals surface area contributed by atoms with Crippen LogP contribution in [0.4, 0.5) is 0 Å². The molecular weight excluding hydrogens is 344 g/mol. The van der Waals surface area contributed by atoms with Crippen LogP contribution < -0.4 is 0 Å². The van der Waals surface area contributed by atoms with Gasteiger partial charge in [-0.1, -0.05) is 43.7 Å².